The number of fused-ring (bicyclic) bond motifs is 1. The summed E-state index contributed by atoms with van der Waals surface area (Å²) in [6.07, 6.45) is 7.84. The minimum Gasteiger partial charge on any atom is -0.339 e. The van der Waals surface area contributed by atoms with E-state index < -0.39 is 0 Å². The van der Waals surface area contributed by atoms with Gasteiger partial charge in [0, 0.05) is 44.6 Å². The van der Waals surface area contributed by atoms with Gasteiger partial charge in [-0.15, -0.1) is 0 Å². The lowest BCUT2D eigenvalue weighted by molar-refractivity contribution is -0.139. The highest BCUT2D eigenvalue weighted by Crippen LogP contribution is 2.28. The molecular weight excluding hydrogens is 266 g/mol. The van der Waals surface area contributed by atoms with Crippen molar-refractivity contribution < 1.29 is 9.59 Å². The maximum absolute atomic E-state index is 12.4. The van der Waals surface area contributed by atoms with Gasteiger partial charge >= 0.3 is 0 Å². The molecule has 0 radical (unpaired) electrons. The average molecular weight is 293 g/mol. The SMILES string of the molecule is NC1CCC(CCC(=O)N2CCN3C(=O)CCC3C2)CC1. The molecule has 2 heterocycles. The molecule has 118 valence electrons. The van der Waals surface area contributed by atoms with Gasteiger partial charge in [-0.1, -0.05) is 0 Å². The van der Waals surface area contributed by atoms with E-state index in [1.54, 1.807) is 0 Å². The Morgan fingerprint density at radius 2 is 1.90 bits per heavy atom. The third-order valence-corrected chi connectivity index (χ3v) is 5.51. The molecule has 0 aromatic heterocycles. The number of hydrogen-bond acceptors (Lipinski definition) is 3. The van der Waals surface area contributed by atoms with Gasteiger partial charge in [0.25, 0.3) is 0 Å². The highest BCUT2D eigenvalue weighted by molar-refractivity contribution is 5.80. The summed E-state index contributed by atoms with van der Waals surface area (Å²) in [5, 5.41) is 0. The van der Waals surface area contributed by atoms with E-state index in [1.165, 1.54) is 12.8 Å². The van der Waals surface area contributed by atoms with Crippen molar-refractivity contribution in [3.8, 4) is 0 Å². The molecule has 2 saturated heterocycles. The molecule has 1 aliphatic carbocycles. The van der Waals surface area contributed by atoms with Crippen molar-refractivity contribution in [3.63, 3.8) is 0 Å². The van der Waals surface area contributed by atoms with Gasteiger partial charge < -0.3 is 15.5 Å². The predicted molar refractivity (Wildman–Crippen MR) is 80.5 cm³/mol. The standard InChI is InChI=1S/C16H27N3O2/c17-13-4-1-12(2-5-13)3-7-15(20)18-9-10-19-14(11-18)6-8-16(19)21/h12-14H,1-11,17H2. The lowest BCUT2D eigenvalue weighted by Crippen LogP contribution is -2.53. The fraction of sp³-hybridized carbons (Fsp3) is 0.875. The van der Waals surface area contributed by atoms with Crippen LogP contribution in [0, 0.1) is 5.92 Å². The number of piperazine rings is 1. The zero-order valence-electron chi connectivity index (χ0n) is 12.8. The molecule has 21 heavy (non-hydrogen) atoms. The molecule has 2 N–H and O–H groups in total. The summed E-state index contributed by atoms with van der Waals surface area (Å²) < 4.78 is 0. The number of carbonyl (C=O) groups excluding carboxylic acids is 2. The lowest BCUT2D eigenvalue weighted by atomic mass is 9.83. The van der Waals surface area contributed by atoms with Gasteiger partial charge in [0.1, 0.15) is 0 Å². The zero-order valence-corrected chi connectivity index (χ0v) is 12.8. The molecule has 3 aliphatic rings. The molecule has 1 saturated carbocycles. The van der Waals surface area contributed by atoms with Crippen LogP contribution >= 0.6 is 0 Å². The van der Waals surface area contributed by atoms with E-state index in [1.807, 2.05) is 9.80 Å². The molecule has 0 bridgehead atoms. The van der Waals surface area contributed by atoms with Crippen LogP contribution in [-0.4, -0.2) is 53.3 Å². The Balaban J connectivity index is 1.43. The Morgan fingerprint density at radius 1 is 1.14 bits per heavy atom. The maximum Gasteiger partial charge on any atom is 0.223 e. The Morgan fingerprint density at radius 3 is 2.67 bits per heavy atom. The van der Waals surface area contributed by atoms with Crippen LogP contribution in [0.5, 0.6) is 0 Å². The maximum atomic E-state index is 12.4. The van der Waals surface area contributed by atoms with Gasteiger partial charge in [-0.3, -0.25) is 9.59 Å². The van der Waals surface area contributed by atoms with E-state index in [2.05, 4.69) is 0 Å². The van der Waals surface area contributed by atoms with Crippen molar-refractivity contribution in [1.82, 2.24) is 9.80 Å². The van der Waals surface area contributed by atoms with Gasteiger partial charge in [-0.05, 0) is 44.4 Å². The first kappa shape index (κ1) is 14.8. The van der Waals surface area contributed by atoms with Gasteiger partial charge in [0.2, 0.25) is 11.8 Å². The second-order valence-electron chi connectivity index (χ2n) is 6.94. The van der Waals surface area contributed by atoms with Crippen LogP contribution in [0.2, 0.25) is 0 Å². The largest absolute Gasteiger partial charge is 0.339 e. The van der Waals surface area contributed by atoms with Crippen LogP contribution in [0.1, 0.15) is 51.4 Å². The summed E-state index contributed by atoms with van der Waals surface area (Å²) in [6.45, 7) is 2.20. The van der Waals surface area contributed by atoms with Crippen LogP contribution in [0.4, 0.5) is 0 Å². The first-order valence-electron chi connectivity index (χ1n) is 8.46. The summed E-state index contributed by atoms with van der Waals surface area (Å²) >= 11 is 0. The normalized spacial score (nSPS) is 33.2. The van der Waals surface area contributed by atoms with Crippen LogP contribution in [-0.2, 0) is 9.59 Å². The molecule has 5 nitrogen and oxygen atoms in total. The Kier molecular flexibility index (Phi) is 4.48. The lowest BCUT2D eigenvalue weighted by Gasteiger charge is -2.38. The molecule has 0 aromatic rings. The molecular formula is C16H27N3O2. The van der Waals surface area contributed by atoms with Crippen molar-refractivity contribution in [2.24, 2.45) is 11.7 Å². The third kappa shape index (κ3) is 3.39. The summed E-state index contributed by atoms with van der Waals surface area (Å²) in [7, 11) is 0. The number of rotatable bonds is 3. The molecule has 3 fully saturated rings. The Labute approximate surface area is 126 Å². The second kappa shape index (κ2) is 6.34. The van der Waals surface area contributed by atoms with E-state index in [9.17, 15) is 9.59 Å². The Hall–Kier alpha value is -1.10. The van der Waals surface area contributed by atoms with Crippen molar-refractivity contribution >= 4 is 11.8 Å². The highest BCUT2D eigenvalue weighted by atomic mass is 16.2. The highest BCUT2D eigenvalue weighted by Gasteiger charge is 2.36. The van der Waals surface area contributed by atoms with Crippen LogP contribution in [0.15, 0.2) is 0 Å². The van der Waals surface area contributed by atoms with E-state index in [0.717, 1.165) is 45.3 Å². The summed E-state index contributed by atoms with van der Waals surface area (Å²) in [6, 6.07) is 0.660. The van der Waals surface area contributed by atoms with E-state index in [4.69, 9.17) is 5.73 Å². The van der Waals surface area contributed by atoms with Crippen LogP contribution < -0.4 is 5.73 Å². The quantitative estimate of drug-likeness (QED) is 0.848. The summed E-state index contributed by atoms with van der Waals surface area (Å²) in [5.74, 6) is 1.23. The van der Waals surface area contributed by atoms with Crippen molar-refractivity contribution in [2.45, 2.75) is 63.5 Å². The van der Waals surface area contributed by atoms with Gasteiger partial charge in [-0.2, -0.15) is 0 Å². The van der Waals surface area contributed by atoms with E-state index in [-0.39, 0.29) is 17.9 Å². The third-order valence-electron chi connectivity index (χ3n) is 5.51. The number of nitrogens with two attached hydrogens (primary N) is 1. The Bertz CT molecular complexity index is 404. The molecule has 3 rings (SSSR count). The predicted octanol–water partition coefficient (Wildman–Crippen LogP) is 1.12. The average Bonchev–Trinajstić information content (AvgIpc) is 2.87. The fourth-order valence-corrected chi connectivity index (χ4v) is 4.05. The number of carbonyl (C=O) groups is 2. The molecule has 1 unspecified atom stereocenters. The van der Waals surface area contributed by atoms with Crippen molar-refractivity contribution in [2.75, 3.05) is 19.6 Å². The first-order valence-corrected chi connectivity index (χ1v) is 8.46. The van der Waals surface area contributed by atoms with Crippen LogP contribution in [0.25, 0.3) is 0 Å². The molecule has 0 aromatic carbocycles. The van der Waals surface area contributed by atoms with Gasteiger partial charge in [0.15, 0.2) is 0 Å². The minimum atomic E-state index is 0.269. The van der Waals surface area contributed by atoms with Crippen molar-refractivity contribution in [1.29, 1.82) is 0 Å². The molecule has 2 amide bonds. The second-order valence-corrected chi connectivity index (χ2v) is 6.94. The van der Waals surface area contributed by atoms with Gasteiger partial charge in [-0.25, -0.2) is 0 Å². The van der Waals surface area contributed by atoms with E-state index in [0.29, 0.717) is 24.8 Å². The smallest absolute Gasteiger partial charge is 0.223 e. The zero-order chi connectivity index (χ0) is 14.8. The minimum absolute atomic E-state index is 0.269. The van der Waals surface area contributed by atoms with Crippen molar-refractivity contribution in [3.05, 3.63) is 0 Å². The molecule has 2 aliphatic heterocycles. The topological polar surface area (TPSA) is 66.6 Å². The van der Waals surface area contributed by atoms with Gasteiger partial charge in [0.05, 0.1) is 0 Å². The fourth-order valence-electron chi connectivity index (χ4n) is 4.05. The monoisotopic (exact) mass is 293 g/mol. The summed E-state index contributed by atoms with van der Waals surface area (Å²) in [5.41, 5.74) is 5.92. The molecule has 0 spiro atoms. The van der Waals surface area contributed by atoms with E-state index >= 15 is 0 Å². The summed E-state index contributed by atoms with van der Waals surface area (Å²) in [4.78, 5) is 28.0. The molecule has 1 atom stereocenters. The number of hydrogen-bond donors (Lipinski definition) is 1. The van der Waals surface area contributed by atoms with Crippen LogP contribution in [0.3, 0.4) is 0 Å². The molecule has 5 heteroatoms. The first-order chi connectivity index (χ1) is 10.1. The number of amides is 2. The number of nitrogens with zero attached hydrogens (tertiary/aromatic N) is 2.